The van der Waals surface area contributed by atoms with Crippen molar-refractivity contribution in [3.63, 3.8) is 0 Å². The summed E-state index contributed by atoms with van der Waals surface area (Å²) in [6, 6.07) is 7.92. The molecule has 0 heterocycles. The van der Waals surface area contributed by atoms with Crippen molar-refractivity contribution < 1.29 is 9.53 Å². The topological polar surface area (TPSA) is 38.3 Å². The molecular formula is C19H29NO2S. The summed E-state index contributed by atoms with van der Waals surface area (Å²) in [6.07, 6.45) is 7.25. The van der Waals surface area contributed by atoms with Gasteiger partial charge in [-0.05, 0) is 37.8 Å². The fraction of sp³-hybridized carbons (Fsp3) is 0.632. The average molecular weight is 336 g/mol. The molecule has 1 atom stereocenters. The quantitative estimate of drug-likeness (QED) is 0.724. The normalized spacial score (nSPS) is 16.8. The van der Waals surface area contributed by atoms with Crippen LogP contribution in [-0.2, 0) is 11.2 Å². The summed E-state index contributed by atoms with van der Waals surface area (Å²) >= 11 is 2.01. The van der Waals surface area contributed by atoms with E-state index in [4.69, 9.17) is 4.74 Å². The summed E-state index contributed by atoms with van der Waals surface area (Å²) < 4.78 is 5.83. The molecule has 1 amide bonds. The van der Waals surface area contributed by atoms with Crippen LogP contribution in [0, 0.1) is 0 Å². The molecule has 0 spiro atoms. The number of hydrogen-bond donors (Lipinski definition) is 1. The van der Waals surface area contributed by atoms with E-state index in [9.17, 15) is 4.79 Å². The second-order valence-corrected chi connectivity index (χ2v) is 7.55. The molecule has 1 N–H and O–H groups in total. The molecule has 1 aromatic carbocycles. The Morgan fingerprint density at radius 1 is 1.30 bits per heavy atom. The van der Waals surface area contributed by atoms with Crippen LogP contribution in [-0.4, -0.2) is 29.6 Å². The van der Waals surface area contributed by atoms with E-state index < -0.39 is 6.10 Å². The smallest absolute Gasteiger partial charge is 0.260 e. The number of ether oxygens (including phenoxy) is 1. The number of rotatable bonds is 8. The van der Waals surface area contributed by atoms with Crippen molar-refractivity contribution in [3.8, 4) is 5.75 Å². The standard InChI is InChI=1S/C19H29NO2S/c1-3-16-9-7-8-12-18(16)22-15(2)19(21)20-13-14-23-17-10-5-4-6-11-17/h7-9,12,15,17H,3-6,10-11,13-14H2,1-2H3,(H,20,21). The zero-order valence-electron chi connectivity index (χ0n) is 14.3. The van der Waals surface area contributed by atoms with Gasteiger partial charge in [0, 0.05) is 17.5 Å². The molecule has 1 aliphatic rings. The third-order valence-corrected chi connectivity index (χ3v) is 5.72. The highest BCUT2D eigenvalue weighted by Crippen LogP contribution is 2.27. The van der Waals surface area contributed by atoms with Gasteiger partial charge in [0.25, 0.3) is 5.91 Å². The van der Waals surface area contributed by atoms with E-state index in [1.807, 2.05) is 43.0 Å². The van der Waals surface area contributed by atoms with Crippen LogP contribution in [0.5, 0.6) is 5.75 Å². The Labute approximate surface area is 144 Å². The maximum atomic E-state index is 12.2. The molecule has 1 unspecified atom stereocenters. The summed E-state index contributed by atoms with van der Waals surface area (Å²) in [5.41, 5.74) is 1.14. The molecule has 23 heavy (non-hydrogen) atoms. The van der Waals surface area contributed by atoms with Gasteiger partial charge < -0.3 is 10.1 Å². The van der Waals surface area contributed by atoms with E-state index in [-0.39, 0.29) is 5.91 Å². The highest BCUT2D eigenvalue weighted by atomic mass is 32.2. The van der Waals surface area contributed by atoms with E-state index in [2.05, 4.69) is 12.2 Å². The van der Waals surface area contributed by atoms with E-state index in [1.54, 1.807) is 0 Å². The molecule has 0 aromatic heterocycles. The molecule has 0 saturated heterocycles. The van der Waals surface area contributed by atoms with Gasteiger partial charge in [0.1, 0.15) is 5.75 Å². The van der Waals surface area contributed by atoms with Gasteiger partial charge in [-0.15, -0.1) is 0 Å². The number of para-hydroxylation sites is 1. The number of benzene rings is 1. The van der Waals surface area contributed by atoms with Gasteiger partial charge in [0.2, 0.25) is 0 Å². The minimum Gasteiger partial charge on any atom is -0.481 e. The van der Waals surface area contributed by atoms with Crippen molar-refractivity contribution >= 4 is 17.7 Å². The van der Waals surface area contributed by atoms with Gasteiger partial charge in [-0.1, -0.05) is 44.4 Å². The largest absolute Gasteiger partial charge is 0.481 e. The lowest BCUT2D eigenvalue weighted by Crippen LogP contribution is -2.37. The molecular weight excluding hydrogens is 306 g/mol. The van der Waals surface area contributed by atoms with E-state index in [0.29, 0.717) is 0 Å². The first kappa shape index (κ1) is 18.2. The van der Waals surface area contributed by atoms with Crippen molar-refractivity contribution in [2.45, 2.75) is 63.7 Å². The second-order valence-electron chi connectivity index (χ2n) is 6.14. The zero-order valence-corrected chi connectivity index (χ0v) is 15.2. The van der Waals surface area contributed by atoms with E-state index in [0.717, 1.165) is 35.3 Å². The Morgan fingerprint density at radius 3 is 2.78 bits per heavy atom. The number of aryl methyl sites for hydroxylation is 1. The minimum absolute atomic E-state index is 0.0276. The average Bonchev–Trinajstić information content (AvgIpc) is 2.60. The Bertz CT molecular complexity index is 486. The van der Waals surface area contributed by atoms with Gasteiger partial charge in [-0.25, -0.2) is 0 Å². The SMILES string of the molecule is CCc1ccccc1OC(C)C(=O)NCCSC1CCCCC1. The number of carbonyl (C=O) groups excluding carboxylic acids is 1. The zero-order chi connectivity index (χ0) is 16.5. The molecule has 4 heteroatoms. The Hall–Kier alpha value is -1.16. The van der Waals surface area contributed by atoms with Crippen molar-refractivity contribution in [1.29, 1.82) is 0 Å². The lowest BCUT2D eigenvalue weighted by Gasteiger charge is -2.21. The Balaban J connectivity index is 1.68. The molecule has 1 aliphatic carbocycles. The summed E-state index contributed by atoms with van der Waals surface area (Å²) in [5, 5.41) is 3.79. The van der Waals surface area contributed by atoms with Crippen LogP contribution in [0.1, 0.15) is 51.5 Å². The van der Waals surface area contributed by atoms with Crippen LogP contribution in [0.2, 0.25) is 0 Å². The molecule has 0 bridgehead atoms. The predicted octanol–water partition coefficient (Wildman–Crippen LogP) is 4.20. The number of carbonyl (C=O) groups is 1. The maximum absolute atomic E-state index is 12.2. The van der Waals surface area contributed by atoms with Gasteiger partial charge in [0.05, 0.1) is 0 Å². The van der Waals surface area contributed by atoms with Crippen LogP contribution in [0.25, 0.3) is 0 Å². The summed E-state index contributed by atoms with van der Waals surface area (Å²) in [5.74, 6) is 1.78. The van der Waals surface area contributed by atoms with Crippen molar-refractivity contribution in [2.24, 2.45) is 0 Å². The fourth-order valence-electron chi connectivity index (χ4n) is 2.93. The van der Waals surface area contributed by atoms with Gasteiger partial charge in [-0.3, -0.25) is 4.79 Å². The minimum atomic E-state index is -0.456. The van der Waals surface area contributed by atoms with Crippen LogP contribution in [0.15, 0.2) is 24.3 Å². The van der Waals surface area contributed by atoms with Crippen LogP contribution < -0.4 is 10.1 Å². The first-order chi connectivity index (χ1) is 11.2. The number of nitrogens with one attached hydrogen (secondary N) is 1. The molecule has 1 aromatic rings. The molecule has 1 saturated carbocycles. The summed E-state index contributed by atoms with van der Waals surface area (Å²) in [7, 11) is 0. The molecule has 3 nitrogen and oxygen atoms in total. The first-order valence-corrected chi connectivity index (χ1v) is 9.89. The van der Waals surface area contributed by atoms with Gasteiger partial charge in [0.15, 0.2) is 6.10 Å². The third kappa shape index (κ3) is 6.09. The number of thioether (sulfide) groups is 1. The van der Waals surface area contributed by atoms with Crippen LogP contribution in [0.4, 0.5) is 0 Å². The highest BCUT2D eigenvalue weighted by Gasteiger charge is 2.16. The lowest BCUT2D eigenvalue weighted by atomic mass is 10.0. The molecule has 2 rings (SSSR count). The Morgan fingerprint density at radius 2 is 2.04 bits per heavy atom. The second kappa shape index (κ2) is 9.86. The fourth-order valence-corrected chi connectivity index (χ4v) is 4.15. The third-order valence-electron chi connectivity index (χ3n) is 4.33. The molecule has 0 radical (unpaired) electrons. The van der Waals surface area contributed by atoms with Crippen molar-refractivity contribution in [2.75, 3.05) is 12.3 Å². The van der Waals surface area contributed by atoms with Crippen LogP contribution >= 0.6 is 11.8 Å². The molecule has 128 valence electrons. The lowest BCUT2D eigenvalue weighted by molar-refractivity contribution is -0.127. The highest BCUT2D eigenvalue weighted by molar-refractivity contribution is 7.99. The molecule has 0 aliphatic heterocycles. The van der Waals surface area contributed by atoms with Crippen LogP contribution in [0.3, 0.4) is 0 Å². The number of amides is 1. The first-order valence-electron chi connectivity index (χ1n) is 8.84. The monoisotopic (exact) mass is 335 g/mol. The van der Waals surface area contributed by atoms with Gasteiger partial charge >= 0.3 is 0 Å². The van der Waals surface area contributed by atoms with Crippen molar-refractivity contribution in [1.82, 2.24) is 5.32 Å². The Kier molecular flexibility index (Phi) is 7.80. The summed E-state index contributed by atoms with van der Waals surface area (Å²) in [6.45, 7) is 4.63. The van der Waals surface area contributed by atoms with E-state index >= 15 is 0 Å². The number of hydrogen-bond acceptors (Lipinski definition) is 3. The van der Waals surface area contributed by atoms with E-state index in [1.165, 1.54) is 32.1 Å². The van der Waals surface area contributed by atoms with Gasteiger partial charge in [-0.2, -0.15) is 11.8 Å². The maximum Gasteiger partial charge on any atom is 0.260 e. The molecule has 1 fully saturated rings. The van der Waals surface area contributed by atoms with Crippen molar-refractivity contribution in [3.05, 3.63) is 29.8 Å². The summed E-state index contributed by atoms with van der Waals surface area (Å²) in [4.78, 5) is 12.2. The predicted molar refractivity (Wildman–Crippen MR) is 98.3 cm³/mol.